The fraction of sp³-hybridized carbons (Fsp3) is 0.263. The van der Waals surface area contributed by atoms with Crippen molar-refractivity contribution >= 4 is 29.3 Å². The van der Waals surface area contributed by atoms with Crippen LogP contribution in [0.15, 0.2) is 47.4 Å². The fourth-order valence-corrected chi connectivity index (χ4v) is 3.38. The van der Waals surface area contributed by atoms with Crippen LogP contribution in [0, 0.1) is 6.92 Å². The van der Waals surface area contributed by atoms with Gasteiger partial charge in [0.05, 0.1) is 18.2 Å². The van der Waals surface area contributed by atoms with E-state index in [0.717, 1.165) is 17.8 Å². The van der Waals surface area contributed by atoms with E-state index in [2.05, 4.69) is 10.1 Å². The number of methoxy groups -OCH3 is 1. The Morgan fingerprint density at radius 2 is 1.81 bits per heavy atom. The Hall–Kier alpha value is -2.48. The third kappa shape index (κ3) is 5.26. The van der Waals surface area contributed by atoms with Crippen LogP contribution in [0.25, 0.3) is 0 Å². The minimum absolute atomic E-state index is 0.0405. The topological polar surface area (TPSA) is 55.4 Å². The summed E-state index contributed by atoms with van der Waals surface area (Å²) < 4.78 is 43.8. The molecule has 0 radical (unpaired) electrons. The molecule has 4 nitrogen and oxygen atoms in total. The molecule has 0 aliphatic carbocycles. The second kappa shape index (κ2) is 8.47. The van der Waals surface area contributed by atoms with Crippen molar-refractivity contribution < 1.29 is 27.5 Å². The zero-order valence-electron chi connectivity index (χ0n) is 14.9. The van der Waals surface area contributed by atoms with E-state index >= 15 is 0 Å². The van der Waals surface area contributed by atoms with Crippen LogP contribution in [0.4, 0.5) is 18.9 Å². The molecule has 0 heterocycles. The summed E-state index contributed by atoms with van der Waals surface area (Å²) in [5.41, 5.74) is -0.434. The molecular formula is C19H18F3NO3S. The predicted molar refractivity (Wildman–Crippen MR) is 97.9 cm³/mol. The molecular weight excluding hydrogens is 379 g/mol. The molecule has 0 spiro atoms. The first-order valence-electron chi connectivity index (χ1n) is 7.96. The van der Waals surface area contributed by atoms with E-state index in [4.69, 9.17) is 0 Å². The molecule has 1 N–H and O–H groups in total. The molecule has 1 unspecified atom stereocenters. The van der Waals surface area contributed by atoms with Crippen LogP contribution >= 0.6 is 11.8 Å². The summed E-state index contributed by atoms with van der Waals surface area (Å²) in [6, 6.07) is 10.2. The van der Waals surface area contributed by atoms with Crippen molar-refractivity contribution in [2.45, 2.75) is 30.2 Å². The predicted octanol–water partition coefficient (Wildman–Crippen LogP) is 4.92. The van der Waals surface area contributed by atoms with E-state index in [-0.39, 0.29) is 16.8 Å². The number of aryl methyl sites for hydroxylation is 1. The summed E-state index contributed by atoms with van der Waals surface area (Å²) >= 11 is 1.14. The Kier molecular flexibility index (Phi) is 6.54. The van der Waals surface area contributed by atoms with Crippen molar-refractivity contribution in [2.24, 2.45) is 0 Å². The summed E-state index contributed by atoms with van der Waals surface area (Å²) in [6.07, 6.45) is -4.51. The van der Waals surface area contributed by atoms with Crippen molar-refractivity contribution in [3.05, 3.63) is 59.2 Å². The zero-order chi connectivity index (χ0) is 20.2. The molecule has 2 rings (SSSR count). The maximum atomic E-state index is 13.0. The highest BCUT2D eigenvalue weighted by Crippen LogP contribution is 2.34. The molecule has 0 aliphatic rings. The summed E-state index contributed by atoms with van der Waals surface area (Å²) in [5.74, 6) is -1.00. The van der Waals surface area contributed by atoms with Crippen molar-refractivity contribution in [3.63, 3.8) is 0 Å². The third-order valence-electron chi connectivity index (χ3n) is 3.77. The Bertz CT molecular complexity index is 852. The number of halogens is 3. The van der Waals surface area contributed by atoms with Gasteiger partial charge in [-0.1, -0.05) is 18.2 Å². The zero-order valence-corrected chi connectivity index (χ0v) is 15.7. The lowest BCUT2D eigenvalue weighted by Gasteiger charge is -2.15. The molecule has 144 valence electrons. The number of carbonyl (C=O) groups excluding carboxylic acids is 2. The molecule has 0 saturated heterocycles. The van der Waals surface area contributed by atoms with Gasteiger partial charge in [-0.25, -0.2) is 0 Å². The van der Waals surface area contributed by atoms with Crippen molar-refractivity contribution in [2.75, 3.05) is 12.4 Å². The number of carbonyl (C=O) groups is 2. The Morgan fingerprint density at radius 3 is 2.44 bits per heavy atom. The lowest BCUT2D eigenvalue weighted by Crippen LogP contribution is -2.17. The van der Waals surface area contributed by atoms with Crippen molar-refractivity contribution in [1.82, 2.24) is 0 Å². The van der Waals surface area contributed by atoms with Gasteiger partial charge in [0.15, 0.2) is 0 Å². The first-order chi connectivity index (χ1) is 12.6. The van der Waals surface area contributed by atoms with E-state index in [0.29, 0.717) is 4.90 Å². The summed E-state index contributed by atoms with van der Waals surface area (Å²) in [5, 5.41) is 1.94. The molecule has 1 amide bonds. The Balaban J connectivity index is 2.26. The van der Waals surface area contributed by atoms with Gasteiger partial charge in [-0.3, -0.25) is 9.59 Å². The Morgan fingerprint density at radius 1 is 1.15 bits per heavy atom. The number of esters is 1. The van der Waals surface area contributed by atoms with E-state index in [1.807, 2.05) is 0 Å². The largest absolute Gasteiger partial charge is 0.468 e. The summed E-state index contributed by atoms with van der Waals surface area (Å²) in [6.45, 7) is 3.00. The number of benzene rings is 2. The Labute approximate surface area is 159 Å². The van der Waals surface area contributed by atoms with Gasteiger partial charge in [0.1, 0.15) is 5.25 Å². The van der Waals surface area contributed by atoms with Crippen molar-refractivity contribution in [3.8, 4) is 0 Å². The number of anilines is 1. The van der Waals surface area contributed by atoms with Gasteiger partial charge in [0.25, 0.3) is 5.91 Å². The monoisotopic (exact) mass is 397 g/mol. The fourth-order valence-electron chi connectivity index (χ4n) is 2.37. The number of alkyl halides is 3. The van der Waals surface area contributed by atoms with E-state index in [1.165, 1.54) is 26.2 Å². The van der Waals surface area contributed by atoms with Gasteiger partial charge in [0, 0.05) is 10.6 Å². The highest BCUT2D eigenvalue weighted by Gasteiger charge is 2.32. The molecule has 8 heteroatoms. The molecule has 0 fully saturated rings. The van der Waals surface area contributed by atoms with Gasteiger partial charge < -0.3 is 10.1 Å². The quantitative estimate of drug-likeness (QED) is 0.575. The van der Waals surface area contributed by atoms with Crippen LogP contribution in [0.5, 0.6) is 0 Å². The van der Waals surface area contributed by atoms with Gasteiger partial charge in [-0.15, -0.1) is 11.8 Å². The minimum Gasteiger partial charge on any atom is -0.468 e. The van der Waals surface area contributed by atoms with Crippen LogP contribution in [0.3, 0.4) is 0 Å². The number of hydrogen-bond acceptors (Lipinski definition) is 4. The number of thioether (sulfide) groups is 1. The molecule has 0 saturated carbocycles. The average Bonchev–Trinajstić information content (AvgIpc) is 2.62. The minimum atomic E-state index is -4.51. The number of ether oxygens (including phenoxy) is 1. The number of nitrogens with one attached hydrogen (secondary N) is 1. The summed E-state index contributed by atoms with van der Waals surface area (Å²) in [7, 11) is 1.27. The summed E-state index contributed by atoms with van der Waals surface area (Å²) in [4.78, 5) is 24.7. The van der Waals surface area contributed by atoms with Crippen LogP contribution < -0.4 is 5.32 Å². The van der Waals surface area contributed by atoms with Gasteiger partial charge in [-0.05, 0) is 43.7 Å². The molecule has 2 aromatic carbocycles. The molecule has 27 heavy (non-hydrogen) atoms. The molecule has 1 atom stereocenters. The number of rotatable bonds is 5. The third-order valence-corrected chi connectivity index (χ3v) is 4.93. The smallest absolute Gasteiger partial charge is 0.416 e. The van der Waals surface area contributed by atoms with E-state index < -0.39 is 28.9 Å². The standard InChI is InChI=1S/C19H18F3NO3S/c1-11-8-9-13(10-15(11)19(20,21)22)23-17(24)14-6-4-5-7-16(14)27-12(2)18(25)26-3/h4-10,12H,1-3H3,(H,23,24). The maximum absolute atomic E-state index is 13.0. The van der Waals surface area contributed by atoms with Crippen LogP contribution in [-0.4, -0.2) is 24.2 Å². The van der Waals surface area contributed by atoms with Crippen LogP contribution in [-0.2, 0) is 15.7 Å². The first kappa shape index (κ1) is 20.8. The lowest BCUT2D eigenvalue weighted by atomic mass is 10.1. The van der Waals surface area contributed by atoms with Gasteiger partial charge in [0.2, 0.25) is 0 Å². The average molecular weight is 397 g/mol. The molecule has 0 bridgehead atoms. The highest BCUT2D eigenvalue weighted by atomic mass is 32.2. The normalized spacial score (nSPS) is 12.4. The van der Waals surface area contributed by atoms with Gasteiger partial charge in [-0.2, -0.15) is 13.2 Å². The number of hydrogen-bond donors (Lipinski definition) is 1. The van der Waals surface area contributed by atoms with Gasteiger partial charge >= 0.3 is 12.1 Å². The number of amides is 1. The first-order valence-corrected chi connectivity index (χ1v) is 8.84. The SMILES string of the molecule is COC(=O)C(C)Sc1ccccc1C(=O)Nc1ccc(C)c(C(F)(F)F)c1. The van der Waals surface area contributed by atoms with E-state index in [9.17, 15) is 22.8 Å². The van der Waals surface area contributed by atoms with E-state index in [1.54, 1.807) is 31.2 Å². The van der Waals surface area contributed by atoms with Crippen molar-refractivity contribution in [1.29, 1.82) is 0 Å². The second-order valence-corrected chi connectivity index (χ2v) is 7.14. The second-order valence-electron chi connectivity index (χ2n) is 5.76. The maximum Gasteiger partial charge on any atom is 0.416 e. The lowest BCUT2D eigenvalue weighted by molar-refractivity contribution is -0.139. The van der Waals surface area contributed by atoms with Crippen LogP contribution in [0.2, 0.25) is 0 Å². The van der Waals surface area contributed by atoms with Crippen LogP contribution in [0.1, 0.15) is 28.4 Å². The molecule has 0 aromatic heterocycles. The molecule has 0 aliphatic heterocycles. The molecule has 2 aromatic rings. The highest BCUT2D eigenvalue weighted by molar-refractivity contribution is 8.00.